The Labute approximate surface area is 203 Å². The molecule has 0 radical (unpaired) electrons. The molecule has 3 aromatic rings. The fourth-order valence-corrected chi connectivity index (χ4v) is 6.59. The second kappa shape index (κ2) is 9.74. The van der Waals surface area contributed by atoms with Crippen LogP contribution in [0.15, 0.2) is 83.9 Å². The molecule has 1 aliphatic heterocycles. The van der Waals surface area contributed by atoms with Gasteiger partial charge in [-0.15, -0.1) is 0 Å². The summed E-state index contributed by atoms with van der Waals surface area (Å²) in [4.78, 5) is 10.4. The van der Waals surface area contributed by atoms with Crippen LogP contribution in [0.3, 0.4) is 0 Å². The highest BCUT2D eigenvalue weighted by atomic mass is 16.5. The summed E-state index contributed by atoms with van der Waals surface area (Å²) < 4.78 is 6.57. The lowest BCUT2D eigenvalue weighted by Crippen LogP contribution is -2.20. The molecule has 0 unspecified atom stereocenters. The van der Waals surface area contributed by atoms with Crippen LogP contribution >= 0.6 is 0 Å². The monoisotopic (exact) mass is 450 g/mol. The minimum absolute atomic E-state index is 0.0653. The summed E-state index contributed by atoms with van der Waals surface area (Å²) in [7, 11) is 0. The quantitative estimate of drug-likeness (QED) is 0.384. The normalized spacial score (nSPS) is 23.4. The van der Waals surface area contributed by atoms with Crippen LogP contribution in [0, 0.1) is 11.8 Å². The highest BCUT2D eigenvalue weighted by Crippen LogP contribution is 2.47. The zero-order chi connectivity index (χ0) is 22.7. The van der Waals surface area contributed by atoms with Gasteiger partial charge in [0.25, 0.3) is 0 Å². The van der Waals surface area contributed by atoms with Crippen molar-refractivity contribution in [2.24, 2.45) is 16.8 Å². The molecule has 3 nitrogen and oxygen atoms in total. The number of ether oxygens (including phenoxy) is 1. The summed E-state index contributed by atoms with van der Waals surface area (Å²) in [5.41, 5.74) is 4.48. The smallest absolute Gasteiger partial charge is 0.236 e. The molecule has 34 heavy (non-hydrogen) atoms. The van der Waals surface area contributed by atoms with Crippen molar-refractivity contribution >= 4 is 5.90 Å². The number of benzene rings is 2. The van der Waals surface area contributed by atoms with Gasteiger partial charge in [-0.05, 0) is 60.8 Å². The standard InChI is InChI=1S/C31H34N2O/c1-3-16-24(17-4-1)29-30(25-18-5-2-6-19-25)34-31(33-29)27-21-11-20-26(32-27)28(22-12-7-8-13-22)23-14-9-10-15-23/h1-6,11,16-23,28-30H,7-10,12-15H2/t29-,30-/m0/s1. The minimum atomic E-state index is -0.135. The summed E-state index contributed by atoms with van der Waals surface area (Å²) in [6, 6.07) is 27.4. The summed E-state index contributed by atoms with van der Waals surface area (Å²) in [6.45, 7) is 0. The van der Waals surface area contributed by atoms with E-state index in [1.54, 1.807) is 0 Å². The van der Waals surface area contributed by atoms with E-state index in [1.165, 1.54) is 62.6 Å². The Bertz CT molecular complexity index is 1100. The molecule has 6 rings (SSSR count). The molecule has 174 valence electrons. The number of nitrogens with zero attached hydrogens (tertiary/aromatic N) is 2. The summed E-state index contributed by atoms with van der Waals surface area (Å²) in [6.07, 6.45) is 10.8. The van der Waals surface area contributed by atoms with E-state index >= 15 is 0 Å². The Morgan fingerprint density at radius 1 is 0.647 bits per heavy atom. The summed E-state index contributed by atoms with van der Waals surface area (Å²) in [5.74, 6) is 2.83. The van der Waals surface area contributed by atoms with Crippen molar-refractivity contribution in [1.29, 1.82) is 0 Å². The van der Waals surface area contributed by atoms with Crippen LogP contribution in [0.4, 0.5) is 0 Å². The maximum atomic E-state index is 6.57. The third-order valence-corrected chi connectivity index (χ3v) is 8.20. The molecule has 0 amide bonds. The van der Waals surface area contributed by atoms with Crippen molar-refractivity contribution in [2.45, 2.75) is 69.4 Å². The van der Waals surface area contributed by atoms with E-state index < -0.39 is 0 Å². The highest BCUT2D eigenvalue weighted by Gasteiger charge is 2.37. The average molecular weight is 451 g/mol. The first-order valence-electron chi connectivity index (χ1n) is 13.2. The summed E-state index contributed by atoms with van der Waals surface area (Å²) in [5, 5.41) is 0. The van der Waals surface area contributed by atoms with Crippen LogP contribution in [0.1, 0.15) is 91.9 Å². The third-order valence-electron chi connectivity index (χ3n) is 8.20. The largest absolute Gasteiger partial charge is 0.465 e. The second-order valence-electron chi connectivity index (χ2n) is 10.3. The SMILES string of the molecule is c1ccc([C@@H]2N=C(c3cccc(C(C4CCCC4)C4CCCC4)n3)O[C@H]2c2ccccc2)cc1. The lowest BCUT2D eigenvalue weighted by molar-refractivity contribution is 0.196. The Hall–Kier alpha value is -2.94. The minimum Gasteiger partial charge on any atom is -0.465 e. The van der Waals surface area contributed by atoms with E-state index in [9.17, 15) is 0 Å². The number of rotatable bonds is 6. The van der Waals surface area contributed by atoms with Gasteiger partial charge in [0.15, 0.2) is 6.10 Å². The van der Waals surface area contributed by atoms with Gasteiger partial charge in [0, 0.05) is 11.6 Å². The van der Waals surface area contributed by atoms with Crippen molar-refractivity contribution in [3.63, 3.8) is 0 Å². The van der Waals surface area contributed by atoms with Gasteiger partial charge in [0.2, 0.25) is 5.90 Å². The van der Waals surface area contributed by atoms with Crippen molar-refractivity contribution in [3.05, 3.63) is 101 Å². The molecule has 0 saturated heterocycles. The van der Waals surface area contributed by atoms with Gasteiger partial charge in [0.05, 0.1) is 0 Å². The van der Waals surface area contributed by atoms with E-state index in [4.69, 9.17) is 14.7 Å². The average Bonchev–Trinajstić information content (AvgIpc) is 3.68. The molecular formula is C31H34N2O. The van der Waals surface area contributed by atoms with Gasteiger partial charge in [-0.25, -0.2) is 9.98 Å². The molecule has 1 aromatic heterocycles. The van der Waals surface area contributed by atoms with Crippen LogP contribution in [0.5, 0.6) is 0 Å². The second-order valence-corrected chi connectivity index (χ2v) is 10.3. The van der Waals surface area contributed by atoms with Gasteiger partial charge in [-0.1, -0.05) is 92.4 Å². The molecule has 0 bridgehead atoms. The van der Waals surface area contributed by atoms with Gasteiger partial charge in [-0.2, -0.15) is 0 Å². The molecule has 2 aliphatic carbocycles. The molecule has 2 heterocycles. The Morgan fingerprint density at radius 3 is 1.85 bits per heavy atom. The van der Waals surface area contributed by atoms with Crippen molar-refractivity contribution in [2.75, 3.05) is 0 Å². The fraction of sp³-hybridized carbons (Fsp3) is 0.419. The van der Waals surface area contributed by atoms with Crippen molar-refractivity contribution < 1.29 is 4.74 Å². The number of hydrogen-bond donors (Lipinski definition) is 0. The highest BCUT2D eigenvalue weighted by molar-refractivity contribution is 5.93. The van der Waals surface area contributed by atoms with Crippen LogP contribution in [0.25, 0.3) is 0 Å². The molecule has 0 N–H and O–H groups in total. The first-order chi connectivity index (χ1) is 16.9. The Kier molecular flexibility index (Phi) is 6.18. The van der Waals surface area contributed by atoms with Gasteiger partial charge in [-0.3, -0.25) is 0 Å². The number of aliphatic imine (C=N–C) groups is 1. The lowest BCUT2D eigenvalue weighted by atomic mass is 9.77. The molecule has 3 aliphatic rings. The number of aromatic nitrogens is 1. The number of pyridine rings is 1. The van der Waals surface area contributed by atoms with Gasteiger partial charge >= 0.3 is 0 Å². The first-order valence-corrected chi connectivity index (χ1v) is 13.2. The molecule has 2 fully saturated rings. The summed E-state index contributed by atoms with van der Waals surface area (Å²) >= 11 is 0. The maximum absolute atomic E-state index is 6.57. The topological polar surface area (TPSA) is 34.5 Å². The molecule has 2 atom stereocenters. The van der Waals surface area contributed by atoms with Crippen LogP contribution in [0.2, 0.25) is 0 Å². The van der Waals surface area contributed by atoms with Crippen molar-refractivity contribution in [1.82, 2.24) is 4.98 Å². The molecule has 3 heteroatoms. The predicted octanol–water partition coefficient (Wildman–Crippen LogP) is 7.81. The van der Waals surface area contributed by atoms with E-state index in [0.29, 0.717) is 11.8 Å². The zero-order valence-electron chi connectivity index (χ0n) is 19.9. The van der Waals surface area contributed by atoms with Gasteiger partial charge in [0.1, 0.15) is 11.7 Å². The van der Waals surface area contributed by atoms with Crippen LogP contribution < -0.4 is 0 Å². The predicted molar refractivity (Wildman–Crippen MR) is 137 cm³/mol. The Morgan fingerprint density at radius 2 is 1.24 bits per heavy atom. The molecular weight excluding hydrogens is 416 g/mol. The maximum Gasteiger partial charge on any atom is 0.236 e. The van der Waals surface area contributed by atoms with E-state index in [0.717, 1.165) is 23.1 Å². The zero-order valence-corrected chi connectivity index (χ0v) is 19.9. The molecule has 2 aromatic carbocycles. The van der Waals surface area contributed by atoms with Crippen molar-refractivity contribution in [3.8, 4) is 0 Å². The molecule has 2 saturated carbocycles. The first kappa shape index (κ1) is 21.6. The fourth-order valence-electron chi connectivity index (χ4n) is 6.59. The molecule has 0 spiro atoms. The number of hydrogen-bond acceptors (Lipinski definition) is 3. The van der Waals surface area contributed by atoms with Crippen LogP contribution in [-0.4, -0.2) is 10.9 Å². The lowest BCUT2D eigenvalue weighted by Gasteiger charge is -2.29. The van der Waals surface area contributed by atoms with E-state index in [1.807, 2.05) is 0 Å². The van der Waals surface area contributed by atoms with E-state index in [-0.39, 0.29) is 12.1 Å². The third kappa shape index (κ3) is 4.29. The van der Waals surface area contributed by atoms with E-state index in [2.05, 4.69) is 78.9 Å². The Balaban J connectivity index is 1.35. The van der Waals surface area contributed by atoms with Crippen LogP contribution in [-0.2, 0) is 4.74 Å². The van der Waals surface area contributed by atoms with Gasteiger partial charge < -0.3 is 4.74 Å².